The van der Waals surface area contributed by atoms with Crippen molar-refractivity contribution in [3.8, 4) is 0 Å². The highest BCUT2D eigenvalue weighted by Gasteiger charge is 2.42. The second kappa shape index (κ2) is 7.34. The Labute approximate surface area is 139 Å². The van der Waals surface area contributed by atoms with Crippen LogP contribution in [0, 0.1) is 0 Å². The molecular formula is C19H18F3NO. The maximum Gasteiger partial charge on any atom is 0.454 e. The number of hydrogen-bond donors (Lipinski definition) is 0. The standard InChI is InChI=1S/C19H18F3NO/c1-3-23(16-12-8-5-9-13-16)14(2)17(18(24)19(20,21)22)15-10-6-4-7-11-15/h4-13H,3H2,1-2H3/b17-14-. The average molecular weight is 333 g/mol. The normalized spacial score (nSPS) is 12.5. The van der Waals surface area contributed by atoms with Gasteiger partial charge >= 0.3 is 6.18 Å². The first kappa shape index (κ1) is 17.8. The van der Waals surface area contributed by atoms with Crippen molar-refractivity contribution in [2.24, 2.45) is 0 Å². The van der Waals surface area contributed by atoms with Crippen molar-refractivity contribution >= 4 is 17.0 Å². The number of ketones is 1. The fourth-order valence-corrected chi connectivity index (χ4v) is 2.61. The highest BCUT2D eigenvalue weighted by Crippen LogP contribution is 2.32. The van der Waals surface area contributed by atoms with Crippen molar-refractivity contribution in [2.45, 2.75) is 20.0 Å². The van der Waals surface area contributed by atoms with Gasteiger partial charge in [-0.05, 0) is 31.5 Å². The molecule has 0 heterocycles. The number of para-hydroxylation sites is 1. The van der Waals surface area contributed by atoms with Gasteiger partial charge in [0.05, 0.1) is 5.57 Å². The quantitative estimate of drug-likeness (QED) is 0.712. The van der Waals surface area contributed by atoms with Gasteiger partial charge in [0.15, 0.2) is 0 Å². The van der Waals surface area contributed by atoms with Crippen molar-refractivity contribution < 1.29 is 18.0 Å². The van der Waals surface area contributed by atoms with Gasteiger partial charge in [-0.2, -0.15) is 13.2 Å². The van der Waals surface area contributed by atoms with Gasteiger partial charge in [-0.15, -0.1) is 0 Å². The zero-order valence-electron chi connectivity index (χ0n) is 13.5. The molecule has 0 N–H and O–H groups in total. The maximum absolute atomic E-state index is 13.1. The van der Waals surface area contributed by atoms with Crippen LogP contribution in [0.3, 0.4) is 0 Å². The van der Waals surface area contributed by atoms with Gasteiger partial charge in [-0.1, -0.05) is 48.5 Å². The minimum atomic E-state index is -4.93. The first-order chi connectivity index (χ1) is 11.4. The summed E-state index contributed by atoms with van der Waals surface area (Å²) < 4.78 is 39.3. The van der Waals surface area contributed by atoms with Gasteiger partial charge in [0, 0.05) is 17.9 Å². The second-order valence-corrected chi connectivity index (χ2v) is 5.23. The molecule has 24 heavy (non-hydrogen) atoms. The van der Waals surface area contributed by atoms with E-state index in [9.17, 15) is 18.0 Å². The summed E-state index contributed by atoms with van der Waals surface area (Å²) in [5.74, 6) is -1.83. The van der Waals surface area contributed by atoms with E-state index in [2.05, 4.69) is 0 Å². The highest BCUT2D eigenvalue weighted by atomic mass is 19.4. The van der Waals surface area contributed by atoms with Crippen LogP contribution < -0.4 is 4.90 Å². The van der Waals surface area contributed by atoms with E-state index in [0.717, 1.165) is 5.69 Å². The molecule has 0 aliphatic rings. The molecule has 0 saturated heterocycles. The topological polar surface area (TPSA) is 20.3 Å². The van der Waals surface area contributed by atoms with Gasteiger partial charge in [-0.3, -0.25) is 4.79 Å². The molecule has 0 amide bonds. The zero-order chi connectivity index (χ0) is 17.7. The van der Waals surface area contributed by atoms with Crippen molar-refractivity contribution in [1.82, 2.24) is 0 Å². The smallest absolute Gasteiger partial charge is 0.345 e. The van der Waals surface area contributed by atoms with Crippen molar-refractivity contribution in [1.29, 1.82) is 0 Å². The molecule has 5 heteroatoms. The molecule has 2 nitrogen and oxygen atoms in total. The Bertz CT molecular complexity index is 721. The van der Waals surface area contributed by atoms with Gasteiger partial charge in [-0.25, -0.2) is 0 Å². The number of carbonyl (C=O) groups is 1. The van der Waals surface area contributed by atoms with Crippen LogP contribution in [0.25, 0.3) is 5.57 Å². The summed E-state index contributed by atoms with van der Waals surface area (Å²) in [5, 5.41) is 0. The molecule has 0 fully saturated rings. The van der Waals surface area contributed by atoms with E-state index in [1.807, 2.05) is 13.0 Å². The van der Waals surface area contributed by atoms with Crippen LogP contribution in [0.1, 0.15) is 19.4 Å². The Morgan fingerprint density at radius 3 is 1.92 bits per heavy atom. The Morgan fingerprint density at radius 2 is 1.46 bits per heavy atom. The molecule has 0 radical (unpaired) electrons. The molecule has 0 saturated carbocycles. The third kappa shape index (κ3) is 3.85. The van der Waals surface area contributed by atoms with E-state index in [0.29, 0.717) is 6.54 Å². The number of anilines is 1. The SMILES string of the molecule is CCN(/C(C)=C(\C(=O)C(F)(F)F)c1ccccc1)c1ccccc1. The molecule has 126 valence electrons. The minimum absolute atomic E-state index is 0.256. The molecule has 2 aromatic rings. The van der Waals surface area contributed by atoms with E-state index in [-0.39, 0.29) is 16.8 Å². The van der Waals surface area contributed by atoms with E-state index in [4.69, 9.17) is 0 Å². The van der Waals surface area contributed by atoms with Crippen LogP contribution in [0.5, 0.6) is 0 Å². The Hall–Kier alpha value is -2.56. The number of hydrogen-bond acceptors (Lipinski definition) is 2. The molecule has 0 unspecified atom stereocenters. The third-order valence-corrected chi connectivity index (χ3v) is 3.70. The van der Waals surface area contributed by atoms with Gasteiger partial charge in [0.2, 0.25) is 0 Å². The number of rotatable bonds is 5. The molecule has 0 aliphatic carbocycles. The van der Waals surface area contributed by atoms with Crippen LogP contribution in [0.15, 0.2) is 66.4 Å². The number of carbonyl (C=O) groups excluding carboxylic acids is 1. The van der Waals surface area contributed by atoms with Crippen molar-refractivity contribution in [3.05, 3.63) is 71.9 Å². The number of allylic oxidation sites excluding steroid dienone is 2. The number of Topliss-reactive ketones (excluding diaryl/α,β-unsaturated/α-hetero) is 1. The predicted octanol–water partition coefficient (Wildman–Crippen LogP) is 5.08. The number of benzene rings is 2. The zero-order valence-corrected chi connectivity index (χ0v) is 13.5. The number of alkyl halides is 3. The predicted molar refractivity (Wildman–Crippen MR) is 89.6 cm³/mol. The first-order valence-electron chi connectivity index (χ1n) is 7.56. The Balaban J connectivity index is 2.63. The first-order valence-corrected chi connectivity index (χ1v) is 7.56. The molecule has 2 aromatic carbocycles. The molecule has 0 atom stereocenters. The van der Waals surface area contributed by atoms with E-state index in [1.165, 1.54) is 12.1 Å². The van der Waals surface area contributed by atoms with Crippen LogP contribution >= 0.6 is 0 Å². The lowest BCUT2D eigenvalue weighted by Crippen LogP contribution is -2.29. The molecule has 0 aliphatic heterocycles. The number of halogens is 3. The second-order valence-electron chi connectivity index (χ2n) is 5.23. The Morgan fingerprint density at radius 1 is 0.958 bits per heavy atom. The molecule has 0 spiro atoms. The van der Waals surface area contributed by atoms with E-state index < -0.39 is 12.0 Å². The van der Waals surface area contributed by atoms with Gasteiger partial charge < -0.3 is 4.90 Å². The van der Waals surface area contributed by atoms with Gasteiger partial charge in [0.25, 0.3) is 5.78 Å². The molecule has 0 bridgehead atoms. The summed E-state index contributed by atoms with van der Waals surface area (Å²) in [4.78, 5) is 13.7. The van der Waals surface area contributed by atoms with Crippen LogP contribution in [-0.4, -0.2) is 18.5 Å². The summed E-state index contributed by atoms with van der Waals surface area (Å²) >= 11 is 0. The average Bonchev–Trinajstić information content (AvgIpc) is 2.57. The fourth-order valence-electron chi connectivity index (χ4n) is 2.61. The summed E-state index contributed by atoms with van der Waals surface area (Å²) in [6.07, 6.45) is -4.93. The molecule has 0 aromatic heterocycles. The van der Waals surface area contributed by atoms with Crippen LogP contribution in [0.2, 0.25) is 0 Å². The summed E-state index contributed by atoms with van der Waals surface area (Å²) in [7, 11) is 0. The van der Waals surface area contributed by atoms with Crippen molar-refractivity contribution in [3.63, 3.8) is 0 Å². The lowest BCUT2D eigenvalue weighted by atomic mass is 9.98. The lowest BCUT2D eigenvalue weighted by molar-refractivity contribution is -0.164. The highest BCUT2D eigenvalue weighted by molar-refractivity contribution is 6.24. The van der Waals surface area contributed by atoms with Crippen molar-refractivity contribution in [2.75, 3.05) is 11.4 Å². The number of nitrogens with zero attached hydrogens (tertiary/aromatic N) is 1. The molecule has 2 rings (SSSR count). The maximum atomic E-state index is 13.1. The largest absolute Gasteiger partial charge is 0.454 e. The van der Waals surface area contributed by atoms with E-state index in [1.54, 1.807) is 54.3 Å². The molecular weight excluding hydrogens is 315 g/mol. The monoisotopic (exact) mass is 333 g/mol. The third-order valence-electron chi connectivity index (χ3n) is 3.70. The summed E-state index contributed by atoms with van der Waals surface area (Å²) in [5.41, 5.74) is 0.943. The van der Waals surface area contributed by atoms with Gasteiger partial charge in [0.1, 0.15) is 0 Å². The minimum Gasteiger partial charge on any atom is -0.345 e. The van der Waals surface area contributed by atoms with Crippen LogP contribution in [0.4, 0.5) is 18.9 Å². The fraction of sp³-hybridized carbons (Fsp3) is 0.211. The summed E-state index contributed by atoms with van der Waals surface area (Å²) in [6, 6.07) is 17.0. The summed E-state index contributed by atoms with van der Waals surface area (Å²) in [6.45, 7) is 3.82. The lowest BCUT2D eigenvalue weighted by Gasteiger charge is -2.27. The Kier molecular flexibility index (Phi) is 5.44. The van der Waals surface area contributed by atoms with E-state index >= 15 is 0 Å². The van der Waals surface area contributed by atoms with Crippen LogP contribution in [-0.2, 0) is 4.79 Å².